The molecule has 2 unspecified atom stereocenters. The molecule has 2 rings (SSSR count). The molecule has 0 radical (unpaired) electrons. The summed E-state index contributed by atoms with van der Waals surface area (Å²) in [6.45, 7) is 4.48. The minimum absolute atomic E-state index is 0.241. The van der Waals surface area contributed by atoms with Gasteiger partial charge in [0.25, 0.3) is 11.5 Å². The van der Waals surface area contributed by atoms with Gasteiger partial charge in [-0.1, -0.05) is 6.92 Å². The first-order valence-corrected chi connectivity index (χ1v) is 8.58. The van der Waals surface area contributed by atoms with Crippen LogP contribution in [0, 0.1) is 6.92 Å². The zero-order chi connectivity index (χ0) is 21.0. The third-order valence-corrected chi connectivity index (χ3v) is 4.21. The van der Waals surface area contributed by atoms with Gasteiger partial charge in [-0.2, -0.15) is 0 Å². The van der Waals surface area contributed by atoms with Crippen LogP contribution in [0.4, 0.5) is 0 Å². The number of ether oxygens (including phenoxy) is 2. The van der Waals surface area contributed by atoms with Crippen LogP contribution in [0.15, 0.2) is 15.8 Å². The molecule has 5 atom stereocenters. The van der Waals surface area contributed by atoms with E-state index in [0.717, 1.165) is 4.57 Å². The van der Waals surface area contributed by atoms with E-state index in [9.17, 15) is 24.3 Å². The number of ketones is 1. The Balaban J connectivity index is 2.34. The van der Waals surface area contributed by atoms with Crippen LogP contribution in [-0.4, -0.2) is 57.3 Å². The summed E-state index contributed by atoms with van der Waals surface area (Å²) in [5.41, 5.74) is -1.09. The molecule has 2 heterocycles. The monoisotopic (exact) mass is 384 g/mol. The fraction of sp³-hybridized carbons (Fsp3) is 0.647. The highest BCUT2D eigenvalue weighted by Gasteiger charge is 2.49. The molecule has 10 nitrogen and oxygen atoms in total. The Kier molecular flexibility index (Phi) is 6.19. The van der Waals surface area contributed by atoms with Crippen LogP contribution >= 0.6 is 0 Å². The van der Waals surface area contributed by atoms with Gasteiger partial charge in [0, 0.05) is 19.7 Å². The van der Waals surface area contributed by atoms with Crippen molar-refractivity contribution in [3.05, 3.63) is 32.6 Å². The summed E-state index contributed by atoms with van der Waals surface area (Å²) in [6.07, 6.45) is -3.16. The van der Waals surface area contributed by atoms with Crippen molar-refractivity contribution < 1.29 is 25.5 Å². The standard InChI is InChI=1S/C17H25N3O7/c1-5-6-26-13-11(22)12(15(24)18-9(3)10(4)21)27-16(13)20-7-8(2)14(23)19-17(20)25/h7,9,11-13,16,22H,5-6H2,1-4H3,(H,18,24)(H,19,23,25)/t9?,11-,12-,13?,16-/m0/s1/i3D. The van der Waals surface area contributed by atoms with Crippen LogP contribution < -0.4 is 16.6 Å². The van der Waals surface area contributed by atoms with Crippen LogP contribution in [0.25, 0.3) is 0 Å². The van der Waals surface area contributed by atoms with Gasteiger partial charge in [-0.3, -0.25) is 23.9 Å². The Labute approximate surface area is 156 Å². The molecule has 27 heavy (non-hydrogen) atoms. The minimum Gasteiger partial charge on any atom is -0.387 e. The Hall–Kier alpha value is -2.30. The number of hydrogen-bond acceptors (Lipinski definition) is 7. The quantitative estimate of drug-likeness (QED) is 0.547. The van der Waals surface area contributed by atoms with Gasteiger partial charge in [0.2, 0.25) is 0 Å². The van der Waals surface area contributed by atoms with E-state index in [1.54, 1.807) is 0 Å². The molecule has 1 fully saturated rings. The number of carbonyl (C=O) groups excluding carboxylic acids is 2. The van der Waals surface area contributed by atoms with Gasteiger partial charge >= 0.3 is 5.69 Å². The summed E-state index contributed by atoms with van der Waals surface area (Å²) in [7, 11) is 0. The van der Waals surface area contributed by atoms with Crippen molar-refractivity contribution in [2.24, 2.45) is 0 Å². The van der Waals surface area contributed by atoms with Gasteiger partial charge in [-0.15, -0.1) is 0 Å². The number of amides is 1. The maximum absolute atomic E-state index is 12.5. The van der Waals surface area contributed by atoms with Crippen LogP contribution in [0.1, 0.15) is 40.3 Å². The van der Waals surface area contributed by atoms with Gasteiger partial charge in [0.05, 0.1) is 6.04 Å². The van der Waals surface area contributed by atoms with Crippen molar-refractivity contribution in [3.63, 3.8) is 0 Å². The lowest BCUT2D eigenvalue weighted by atomic mass is 10.1. The third kappa shape index (κ3) is 4.52. The number of aromatic amines is 1. The van der Waals surface area contributed by atoms with Crippen molar-refractivity contribution in [1.29, 1.82) is 0 Å². The van der Waals surface area contributed by atoms with Crippen molar-refractivity contribution in [1.82, 2.24) is 14.9 Å². The molecule has 1 aliphatic heterocycles. The van der Waals surface area contributed by atoms with E-state index >= 15 is 0 Å². The van der Waals surface area contributed by atoms with Crippen molar-refractivity contribution in [3.8, 4) is 0 Å². The predicted molar refractivity (Wildman–Crippen MR) is 94.3 cm³/mol. The molecule has 3 N–H and O–H groups in total. The smallest absolute Gasteiger partial charge is 0.330 e. The molecular formula is C17H25N3O7. The third-order valence-electron chi connectivity index (χ3n) is 4.21. The number of nitrogens with zero attached hydrogens (tertiary/aromatic N) is 1. The zero-order valence-corrected chi connectivity index (χ0v) is 15.4. The summed E-state index contributed by atoms with van der Waals surface area (Å²) < 4.78 is 19.6. The number of hydrogen-bond donors (Lipinski definition) is 3. The van der Waals surface area contributed by atoms with Crippen molar-refractivity contribution in [2.45, 2.75) is 64.7 Å². The van der Waals surface area contributed by atoms with Crippen LogP contribution in [0.3, 0.4) is 0 Å². The molecule has 1 aromatic rings. The van der Waals surface area contributed by atoms with Gasteiger partial charge < -0.3 is 19.9 Å². The zero-order valence-electron chi connectivity index (χ0n) is 16.4. The molecule has 1 aliphatic rings. The molecule has 0 aliphatic carbocycles. The van der Waals surface area contributed by atoms with E-state index in [4.69, 9.17) is 10.8 Å². The molecule has 0 aromatic carbocycles. The lowest BCUT2D eigenvalue weighted by molar-refractivity contribution is -0.140. The van der Waals surface area contributed by atoms with Crippen LogP contribution in [-0.2, 0) is 19.1 Å². The summed E-state index contributed by atoms with van der Waals surface area (Å²) in [5.74, 6) is -1.19. The average Bonchev–Trinajstić information content (AvgIpc) is 2.96. The molecule has 0 bridgehead atoms. The topological polar surface area (TPSA) is 140 Å². The first-order chi connectivity index (χ1) is 13.2. The maximum atomic E-state index is 12.5. The molecule has 1 saturated heterocycles. The molecule has 1 amide bonds. The number of carbonyl (C=O) groups is 2. The first kappa shape index (κ1) is 19.5. The lowest BCUT2D eigenvalue weighted by Gasteiger charge is -2.22. The Morgan fingerprint density at radius 2 is 2.22 bits per heavy atom. The Morgan fingerprint density at radius 3 is 2.81 bits per heavy atom. The summed E-state index contributed by atoms with van der Waals surface area (Å²) in [5, 5.41) is 12.9. The number of aliphatic hydroxyl groups is 1. The molecule has 0 spiro atoms. The predicted octanol–water partition coefficient (Wildman–Crippen LogP) is -1.01. The molecule has 1 aromatic heterocycles. The number of aryl methyl sites for hydroxylation is 1. The number of nitrogens with one attached hydrogen (secondary N) is 2. The number of Topliss-reactive ketones (excluding diaryl/α,β-unsaturated/α-hetero) is 1. The van der Waals surface area contributed by atoms with E-state index in [-0.39, 0.29) is 19.1 Å². The fourth-order valence-electron chi connectivity index (χ4n) is 2.66. The average molecular weight is 384 g/mol. The summed E-state index contributed by atoms with van der Waals surface area (Å²) in [6, 6.07) is -1.03. The molecule has 10 heteroatoms. The number of H-pyrrole nitrogens is 1. The molecular weight excluding hydrogens is 358 g/mol. The van der Waals surface area contributed by atoms with E-state index in [0.29, 0.717) is 6.42 Å². The Bertz CT molecular complexity index is 837. The Morgan fingerprint density at radius 1 is 1.52 bits per heavy atom. The van der Waals surface area contributed by atoms with E-state index in [2.05, 4.69) is 10.3 Å². The molecule has 0 saturated carbocycles. The normalized spacial score (nSPS) is 26.4. The van der Waals surface area contributed by atoms with Crippen LogP contribution in [0.5, 0.6) is 0 Å². The number of aliphatic hydroxyl groups excluding tert-OH is 1. The minimum atomic E-state index is -1.42. The maximum Gasteiger partial charge on any atom is 0.330 e. The lowest BCUT2D eigenvalue weighted by Crippen LogP contribution is -2.48. The van der Waals surface area contributed by atoms with E-state index in [1.165, 1.54) is 20.0 Å². The number of rotatable bonds is 7. The summed E-state index contributed by atoms with van der Waals surface area (Å²) in [4.78, 5) is 49.9. The second-order valence-electron chi connectivity index (χ2n) is 6.42. The van der Waals surface area contributed by atoms with Gasteiger partial charge in [-0.05, 0) is 27.2 Å². The first-order valence-electron chi connectivity index (χ1n) is 9.29. The highest BCUT2D eigenvalue weighted by molar-refractivity contribution is 5.89. The van der Waals surface area contributed by atoms with Gasteiger partial charge in [0.1, 0.15) is 12.2 Å². The van der Waals surface area contributed by atoms with Crippen molar-refractivity contribution in [2.75, 3.05) is 6.61 Å². The van der Waals surface area contributed by atoms with E-state index in [1.807, 2.05) is 6.92 Å². The largest absolute Gasteiger partial charge is 0.387 e. The molecule has 150 valence electrons. The van der Waals surface area contributed by atoms with E-state index < -0.39 is 53.5 Å². The van der Waals surface area contributed by atoms with Gasteiger partial charge in [0.15, 0.2) is 18.1 Å². The SMILES string of the molecule is [2H]CC(NC(=O)[C@H]1O[C@H](n2cc(C)c(=O)[nH]c2=O)C(OCCC)[C@H]1O)C(C)=O. The van der Waals surface area contributed by atoms with Crippen molar-refractivity contribution >= 4 is 11.7 Å². The second-order valence-corrected chi connectivity index (χ2v) is 6.42. The fourth-order valence-corrected chi connectivity index (χ4v) is 2.66. The second kappa shape index (κ2) is 8.59. The highest BCUT2D eigenvalue weighted by Crippen LogP contribution is 2.31. The highest BCUT2D eigenvalue weighted by atomic mass is 16.6. The summed E-state index contributed by atoms with van der Waals surface area (Å²) >= 11 is 0. The van der Waals surface area contributed by atoms with Gasteiger partial charge in [-0.25, -0.2) is 4.79 Å². The van der Waals surface area contributed by atoms with Crippen LogP contribution in [0.2, 0.25) is 0 Å². The number of aromatic nitrogens is 2.